The van der Waals surface area contributed by atoms with Crippen molar-refractivity contribution in [2.24, 2.45) is 23.7 Å². The Bertz CT molecular complexity index is 1880. The second kappa shape index (κ2) is 66.3. The Morgan fingerprint density at radius 3 is 0.646 bits per heavy atom. The van der Waals surface area contributed by atoms with Crippen molar-refractivity contribution >= 4 is 39.5 Å². The highest BCUT2D eigenvalue weighted by Gasteiger charge is 2.30. The van der Waals surface area contributed by atoms with Crippen LogP contribution in [0.2, 0.25) is 0 Å². The van der Waals surface area contributed by atoms with E-state index >= 15 is 0 Å². The average molecular weight is 1410 g/mol. The summed E-state index contributed by atoms with van der Waals surface area (Å²) in [6.45, 7) is 14.2. The molecule has 0 spiro atoms. The van der Waals surface area contributed by atoms with Crippen molar-refractivity contribution in [2.45, 2.75) is 408 Å². The van der Waals surface area contributed by atoms with Gasteiger partial charge in [-0.25, -0.2) is 9.13 Å². The molecule has 0 saturated heterocycles. The van der Waals surface area contributed by atoms with Crippen molar-refractivity contribution in [2.75, 3.05) is 39.6 Å². The molecule has 0 aromatic carbocycles. The fraction of sp³-hybridized carbons (Fsp3) is 0.948. The SMILES string of the molecule is CC(C)CCCCCCCCCCCCCCC(=O)OC[C@H](COP(=O)(O)OC[C@@H](O)COP(=O)(O)OC[C@@H](COC(=O)CCCCCCCCCCC(C)C)OC(=O)CCCCCCCCCCCCCCC(C)C)OC(=O)CCCCCCCCCCCCCCC(C)C. The van der Waals surface area contributed by atoms with Crippen LogP contribution in [-0.4, -0.2) is 96.7 Å². The number of hydrogen-bond acceptors (Lipinski definition) is 15. The minimum atomic E-state index is -4.96. The number of rotatable bonds is 74. The first kappa shape index (κ1) is 94.1. The molecule has 0 rings (SSSR count). The van der Waals surface area contributed by atoms with Crippen LogP contribution >= 0.6 is 15.6 Å². The second-order valence-electron chi connectivity index (χ2n) is 29.7. The fourth-order valence-electron chi connectivity index (χ4n) is 11.7. The van der Waals surface area contributed by atoms with Crippen molar-refractivity contribution in [1.29, 1.82) is 0 Å². The summed E-state index contributed by atoms with van der Waals surface area (Å²) in [6.07, 6.45) is 51.3. The summed E-state index contributed by atoms with van der Waals surface area (Å²) < 4.78 is 68.6. The zero-order valence-corrected chi connectivity index (χ0v) is 64.8. The Hall–Kier alpha value is -1.94. The maximum atomic E-state index is 13.1. The average Bonchev–Trinajstić information content (AvgIpc) is 1.04. The summed E-state index contributed by atoms with van der Waals surface area (Å²) in [5.41, 5.74) is 0. The number of carbonyl (C=O) groups is 4. The molecule has 0 radical (unpaired) electrons. The summed E-state index contributed by atoms with van der Waals surface area (Å²) >= 11 is 0. The van der Waals surface area contributed by atoms with E-state index in [0.29, 0.717) is 25.7 Å². The third-order valence-corrected chi connectivity index (χ3v) is 19.7. The third kappa shape index (κ3) is 70.5. The molecule has 0 saturated carbocycles. The van der Waals surface area contributed by atoms with E-state index in [1.54, 1.807) is 0 Å². The molecule has 0 aliphatic heterocycles. The number of aliphatic hydroxyl groups excluding tert-OH is 1. The lowest BCUT2D eigenvalue weighted by atomic mass is 10.0. The number of phosphoric acid groups is 2. The molecule has 0 aromatic heterocycles. The Morgan fingerprint density at radius 1 is 0.260 bits per heavy atom. The molecule has 5 atom stereocenters. The van der Waals surface area contributed by atoms with Gasteiger partial charge in [0.15, 0.2) is 12.2 Å². The molecule has 0 fully saturated rings. The van der Waals surface area contributed by atoms with E-state index in [0.717, 1.165) is 114 Å². The van der Waals surface area contributed by atoms with Gasteiger partial charge >= 0.3 is 39.5 Å². The predicted octanol–water partition coefficient (Wildman–Crippen LogP) is 22.4. The molecule has 3 N–H and O–H groups in total. The minimum Gasteiger partial charge on any atom is -0.462 e. The highest BCUT2D eigenvalue weighted by Crippen LogP contribution is 2.45. The lowest BCUT2D eigenvalue weighted by Gasteiger charge is -2.21. The zero-order valence-electron chi connectivity index (χ0n) is 63.0. The van der Waals surface area contributed by atoms with E-state index < -0.39 is 97.5 Å². The predicted molar refractivity (Wildman–Crippen MR) is 391 cm³/mol. The van der Waals surface area contributed by atoms with Crippen LogP contribution in [0.15, 0.2) is 0 Å². The number of aliphatic hydroxyl groups is 1. The van der Waals surface area contributed by atoms with E-state index in [9.17, 15) is 43.2 Å². The summed E-state index contributed by atoms with van der Waals surface area (Å²) in [7, 11) is -9.92. The van der Waals surface area contributed by atoms with Crippen LogP contribution in [0.3, 0.4) is 0 Å². The van der Waals surface area contributed by atoms with Crippen molar-refractivity contribution in [3.05, 3.63) is 0 Å². The molecule has 96 heavy (non-hydrogen) atoms. The van der Waals surface area contributed by atoms with Crippen molar-refractivity contribution < 1.29 is 80.2 Å². The molecule has 0 aliphatic rings. The second-order valence-corrected chi connectivity index (χ2v) is 32.6. The van der Waals surface area contributed by atoms with Gasteiger partial charge in [0.1, 0.15) is 19.3 Å². The molecule has 2 unspecified atom stereocenters. The van der Waals surface area contributed by atoms with Gasteiger partial charge in [-0.2, -0.15) is 0 Å². The molecular formula is C77H150O17P2. The van der Waals surface area contributed by atoms with Crippen LogP contribution in [0.5, 0.6) is 0 Å². The van der Waals surface area contributed by atoms with Crippen LogP contribution in [0.1, 0.15) is 389 Å². The first-order valence-electron chi connectivity index (χ1n) is 39.7. The third-order valence-electron chi connectivity index (χ3n) is 17.8. The quantitative estimate of drug-likeness (QED) is 0.0222. The maximum Gasteiger partial charge on any atom is 0.472 e. The number of hydrogen-bond donors (Lipinski definition) is 3. The van der Waals surface area contributed by atoms with Crippen LogP contribution in [0.4, 0.5) is 0 Å². The van der Waals surface area contributed by atoms with E-state index in [1.165, 1.54) is 193 Å². The molecule has 0 aliphatic carbocycles. The normalized spacial score (nSPS) is 14.1. The van der Waals surface area contributed by atoms with Crippen molar-refractivity contribution in [3.8, 4) is 0 Å². The van der Waals surface area contributed by atoms with Gasteiger partial charge in [-0.3, -0.25) is 37.3 Å². The van der Waals surface area contributed by atoms with Crippen LogP contribution in [0.25, 0.3) is 0 Å². The van der Waals surface area contributed by atoms with Gasteiger partial charge in [0.2, 0.25) is 0 Å². The molecule has 0 aromatic rings. The Labute approximate surface area is 588 Å². The lowest BCUT2D eigenvalue weighted by Crippen LogP contribution is -2.30. The van der Waals surface area contributed by atoms with E-state index in [4.69, 9.17) is 37.0 Å². The Balaban J connectivity index is 5.27. The molecule has 0 bridgehead atoms. The molecule has 0 heterocycles. The minimum absolute atomic E-state index is 0.106. The topological polar surface area (TPSA) is 237 Å². The number of unbranched alkanes of at least 4 members (excludes halogenated alkanes) is 40. The summed E-state index contributed by atoms with van der Waals surface area (Å²) in [4.78, 5) is 72.9. The first-order chi connectivity index (χ1) is 46.1. The molecule has 570 valence electrons. The summed E-state index contributed by atoms with van der Waals surface area (Å²) in [5, 5.41) is 10.6. The fourth-order valence-corrected chi connectivity index (χ4v) is 13.3. The van der Waals surface area contributed by atoms with Gasteiger partial charge in [0.05, 0.1) is 26.4 Å². The zero-order chi connectivity index (χ0) is 71.0. The van der Waals surface area contributed by atoms with Gasteiger partial charge in [-0.05, 0) is 49.4 Å². The van der Waals surface area contributed by atoms with Crippen LogP contribution in [0, 0.1) is 23.7 Å². The van der Waals surface area contributed by atoms with E-state index in [-0.39, 0.29) is 25.7 Å². The summed E-state index contributed by atoms with van der Waals surface area (Å²) in [5.74, 6) is 0.943. The van der Waals surface area contributed by atoms with Crippen molar-refractivity contribution in [1.82, 2.24) is 0 Å². The standard InChI is InChI=1S/C77H150O17P2/c1-67(2)53-45-37-29-21-15-9-12-18-24-33-41-49-57-74(79)87-63-72(93-76(81)59-51-43-35-25-19-13-10-16-22-30-38-46-54-68(3)4)65-91-95(83,84)89-61-71(78)62-90-96(85,86)92-66-73(64-88-75(80)58-50-42-34-28-27-32-40-48-56-70(7)8)94-77(82)60-52-44-36-26-20-14-11-17-23-31-39-47-55-69(5)6/h67-73,78H,9-66H2,1-8H3,(H,83,84)(H,85,86)/t71-,72-,73-/m1/s1. The molecule has 19 heteroatoms. The maximum absolute atomic E-state index is 13.1. The number of ether oxygens (including phenoxy) is 4. The molecule has 17 nitrogen and oxygen atoms in total. The van der Waals surface area contributed by atoms with Gasteiger partial charge in [-0.15, -0.1) is 0 Å². The first-order valence-corrected chi connectivity index (χ1v) is 42.7. The number of esters is 4. The van der Waals surface area contributed by atoms with Crippen molar-refractivity contribution in [3.63, 3.8) is 0 Å². The van der Waals surface area contributed by atoms with E-state index in [2.05, 4.69) is 55.4 Å². The smallest absolute Gasteiger partial charge is 0.462 e. The molecular weight excluding hydrogens is 1260 g/mol. The van der Waals surface area contributed by atoms with Crippen LogP contribution < -0.4 is 0 Å². The monoisotopic (exact) mass is 1410 g/mol. The highest BCUT2D eigenvalue weighted by molar-refractivity contribution is 7.47. The number of phosphoric ester groups is 2. The van der Waals surface area contributed by atoms with Crippen LogP contribution in [-0.2, 0) is 65.4 Å². The lowest BCUT2D eigenvalue weighted by molar-refractivity contribution is -0.161. The largest absolute Gasteiger partial charge is 0.472 e. The Kier molecular flexibility index (Phi) is 65.0. The van der Waals surface area contributed by atoms with Gasteiger partial charge in [0.25, 0.3) is 0 Å². The summed E-state index contributed by atoms with van der Waals surface area (Å²) in [6, 6.07) is 0. The van der Waals surface area contributed by atoms with Gasteiger partial charge in [0, 0.05) is 25.7 Å². The van der Waals surface area contributed by atoms with Gasteiger partial charge in [-0.1, -0.05) is 338 Å². The van der Waals surface area contributed by atoms with E-state index in [1.807, 2.05) is 0 Å². The highest BCUT2D eigenvalue weighted by atomic mass is 31.2. The van der Waals surface area contributed by atoms with Gasteiger partial charge < -0.3 is 33.8 Å². The number of carbonyl (C=O) groups excluding carboxylic acids is 4. The molecule has 0 amide bonds. The Morgan fingerprint density at radius 2 is 0.438 bits per heavy atom.